The van der Waals surface area contributed by atoms with Crippen LogP contribution in [0.1, 0.15) is 33.1 Å². The van der Waals surface area contributed by atoms with E-state index in [4.69, 9.17) is 5.73 Å². The van der Waals surface area contributed by atoms with Crippen LogP contribution in [-0.2, 0) is 0 Å². The van der Waals surface area contributed by atoms with Gasteiger partial charge in [-0.2, -0.15) is 0 Å². The first kappa shape index (κ1) is 12.0. The second-order valence-electron chi connectivity index (χ2n) is 4.45. The standard InChI is InChI=1S/C11H24N2O/c1-3-7-13(4-2)9-11(14,8-12)10-5-6-10/h10,14H,3-9,12H2,1-2H3. The first-order valence-corrected chi connectivity index (χ1v) is 5.81. The molecule has 0 heterocycles. The lowest BCUT2D eigenvalue weighted by atomic mass is 9.97. The average Bonchev–Trinajstić information content (AvgIpc) is 3.00. The molecule has 0 aromatic heterocycles. The number of rotatable bonds is 7. The molecule has 0 saturated heterocycles. The Bertz CT molecular complexity index is 171. The average molecular weight is 200 g/mol. The van der Waals surface area contributed by atoms with Gasteiger partial charge in [-0.3, -0.25) is 0 Å². The van der Waals surface area contributed by atoms with E-state index < -0.39 is 5.60 Å². The van der Waals surface area contributed by atoms with Gasteiger partial charge in [-0.15, -0.1) is 0 Å². The van der Waals surface area contributed by atoms with Crippen molar-refractivity contribution in [3.8, 4) is 0 Å². The van der Waals surface area contributed by atoms with Crippen molar-refractivity contribution in [2.24, 2.45) is 11.7 Å². The number of aliphatic hydroxyl groups is 1. The number of nitrogens with two attached hydrogens (primary N) is 1. The van der Waals surface area contributed by atoms with Gasteiger partial charge in [0.1, 0.15) is 0 Å². The summed E-state index contributed by atoms with van der Waals surface area (Å²) in [4.78, 5) is 2.30. The van der Waals surface area contributed by atoms with Crippen LogP contribution in [0.3, 0.4) is 0 Å². The number of hydrogen-bond acceptors (Lipinski definition) is 3. The molecule has 0 aliphatic heterocycles. The van der Waals surface area contributed by atoms with Crippen molar-refractivity contribution in [2.75, 3.05) is 26.2 Å². The van der Waals surface area contributed by atoms with Crippen LogP contribution < -0.4 is 5.73 Å². The predicted octanol–water partition coefficient (Wildman–Crippen LogP) is 0.818. The topological polar surface area (TPSA) is 49.5 Å². The van der Waals surface area contributed by atoms with E-state index >= 15 is 0 Å². The van der Waals surface area contributed by atoms with Crippen molar-refractivity contribution in [1.29, 1.82) is 0 Å². The van der Waals surface area contributed by atoms with Crippen LogP contribution in [0, 0.1) is 5.92 Å². The van der Waals surface area contributed by atoms with Crippen LogP contribution >= 0.6 is 0 Å². The fraction of sp³-hybridized carbons (Fsp3) is 1.00. The van der Waals surface area contributed by atoms with Gasteiger partial charge in [0.05, 0.1) is 5.60 Å². The molecule has 0 radical (unpaired) electrons. The summed E-state index contributed by atoms with van der Waals surface area (Å²) in [5.41, 5.74) is 5.05. The van der Waals surface area contributed by atoms with E-state index in [0.717, 1.165) is 38.9 Å². The van der Waals surface area contributed by atoms with Gasteiger partial charge in [0.15, 0.2) is 0 Å². The summed E-state index contributed by atoms with van der Waals surface area (Å²) < 4.78 is 0. The van der Waals surface area contributed by atoms with Gasteiger partial charge in [-0.1, -0.05) is 13.8 Å². The third-order valence-corrected chi connectivity index (χ3v) is 3.18. The van der Waals surface area contributed by atoms with Gasteiger partial charge >= 0.3 is 0 Å². The highest BCUT2D eigenvalue weighted by molar-refractivity contribution is 4.97. The Balaban J connectivity index is 2.44. The summed E-state index contributed by atoms with van der Waals surface area (Å²) in [5.74, 6) is 0.457. The lowest BCUT2D eigenvalue weighted by Gasteiger charge is -2.33. The Morgan fingerprint density at radius 1 is 1.43 bits per heavy atom. The Kier molecular flexibility index (Phi) is 4.35. The molecule has 1 unspecified atom stereocenters. The molecule has 1 aliphatic rings. The van der Waals surface area contributed by atoms with E-state index in [1.54, 1.807) is 0 Å². The van der Waals surface area contributed by atoms with Gasteiger partial charge in [-0.25, -0.2) is 0 Å². The minimum absolute atomic E-state index is 0.401. The molecule has 0 bridgehead atoms. The zero-order valence-electron chi connectivity index (χ0n) is 9.50. The number of likely N-dealkylation sites (N-methyl/N-ethyl adjacent to an activating group) is 1. The van der Waals surface area contributed by atoms with Gasteiger partial charge in [0.25, 0.3) is 0 Å². The Labute approximate surface area is 87.3 Å². The molecule has 14 heavy (non-hydrogen) atoms. The van der Waals surface area contributed by atoms with Crippen molar-refractivity contribution >= 4 is 0 Å². The summed E-state index contributed by atoms with van der Waals surface area (Å²) in [6.07, 6.45) is 3.44. The summed E-state index contributed by atoms with van der Waals surface area (Å²) in [5, 5.41) is 10.3. The molecule has 3 heteroatoms. The van der Waals surface area contributed by atoms with Crippen LogP contribution in [0.15, 0.2) is 0 Å². The van der Waals surface area contributed by atoms with Crippen LogP contribution in [0.5, 0.6) is 0 Å². The van der Waals surface area contributed by atoms with E-state index in [9.17, 15) is 5.11 Å². The molecule has 0 amide bonds. The molecule has 0 aromatic rings. The molecular formula is C11H24N2O. The fourth-order valence-electron chi connectivity index (χ4n) is 2.03. The smallest absolute Gasteiger partial charge is 0.0923 e. The maximum Gasteiger partial charge on any atom is 0.0923 e. The van der Waals surface area contributed by atoms with Crippen LogP contribution in [-0.4, -0.2) is 41.8 Å². The molecule has 84 valence electrons. The largest absolute Gasteiger partial charge is 0.387 e. The predicted molar refractivity (Wildman–Crippen MR) is 59.1 cm³/mol. The second-order valence-corrected chi connectivity index (χ2v) is 4.45. The first-order valence-electron chi connectivity index (χ1n) is 5.81. The highest BCUT2D eigenvalue weighted by Crippen LogP contribution is 2.39. The van der Waals surface area contributed by atoms with Gasteiger partial charge in [0, 0.05) is 13.1 Å². The van der Waals surface area contributed by atoms with E-state index in [0.29, 0.717) is 12.5 Å². The Hall–Kier alpha value is -0.120. The number of hydrogen-bond donors (Lipinski definition) is 2. The maximum atomic E-state index is 10.3. The van der Waals surface area contributed by atoms with Crippen LogP contribution in [0.25, 0.3) is 0 Å². The molecule has 0 aromatic carbocycles. The molecule has 1 rings (SSSR count). The summed E-state index contributed by atoms with van der Waals surface area (Å²) in [6.45, 7) is 7.52. The van der Waals surface area contributed by atoms with Gasteiger partial charge in [0.2, 0.25) is 0 Å². The molecule has 1 saturated carbocycles. The lowest BCUT2D eigenvalue weighted by Crippen LogP contribution is -2.50. The highest BCUT2D eigenvalue weighted by Gasteiger charge is 2.43. The fourth-order valence-corrected chi connectivity index (χ4v) is 2.03. The third-order valence-electron chi connectivity index (χ3n) is 3.18. The van der Waals surface area contributed by atoms with Crippen molar-refractivity contribution in [1.82, 2.24) is 4.90 Å². The van der Waals surface area contributed by atoms with Crippen molar-refractivity contribution in [3.05, 3.63) is 0 Å². The van der Waals surface area contributed by atoms with Gasteiger partial charge < -0.3 is 15.7 Å². The van der Waals surface area contributed by atoms with E-state index in [1.165, 1.54) is 0 Å². The minimum atomic E-state index is -0.620. The molecule has 3 N–H and O–H groups in total. The molecule has 1 atom stereocenters. The molecular weight excluding hydrogens is 176 g/mol. The van der Waals surface area contributed by atoms with Gasteiger partial charge in [-0.05, 0) is 38.3 Å². The van der Waals surface area contributed by atoms with Crippen molar-refractivity contribution < 1.29 is 5.11 Å². The van der Waals surface area contributed by atoms with Crippen LogP contribution in [0.4, 0.5) is 0 Å². The molecule has 0 spiro atoms. The van der Waals surface area contributed by atoms with Crippen molar-refractivity contribution in [3.63, 3.8) is 0 Å². The third kappa shape index (κ3) is 2.94. The highest BCUT2D eigenvalue weighted by atomic mass is 16.3. The van der Waals surface area contributed by atoms with Crippen molar-refractivity contribution in [2.45, 2.75) is 38.7 Å². The molecule has 3 nitrogen and oxygen atoms in total. The zero-order valence-corrected chi connectivity index (χ0v) is 9.50. The number of nitrogens with zero attached hydrogens (tertiary/aromatic N) is 1. The Morgan fingerprint density at radius 2 is 2.07 bits per heavy atom. The maximum absolute atomic E-state index is 10.3. The SMILES string of the molecule is CCCN(CC)CC(O)(CN)C1CC1. The Morgan fingerprint density at radius 3 is 2.43 bits per heavy atom. The van der Waals surface area contributed by atoms with E-state index in [2.05, 4.69) is 18.7 Å². The minimum Gasteiger partial charge on any atom is -0.387 e. The molecule has 1 aliphatic carbocycles. The van der Waals surface area contributed by atoms with E-state index in [-0.39, 0.29) is 0 Å². The van der Waals surface area contributed by atoms with Crippen LogP contribution in [0.2, 0.25) is 0 Å². The summed E-state index contributed by atoms with van der Waals surface area (Å²) in [7, 11) is 0. The first-order chi connectivity index (χ1) is 6.66. The summed E-state index contributed by atoms with van der Waals surface area (Å²) in [6, 6.07) is 0. The zero-order chi connectivity index (χ0) is 10.6. The second kappa shape index (κ2) is 5.10. The summed E-state index contributed by atoms with van der Waals surface area (Å²) >= 11 is 0. The quantitative estimate of drug-likeness (QED) is 0.639. The lowest BCUT2D eigenvalue weighted by molar-refractivity contribution is -0.00704. The normalized spacial score (nSPS) is 21.2. The van der Waals surface area contributed by atoms with E-state index in [1.807, 2.05) is 0 Å². The monoisotopic (exact) mass is 200 g/mol. The molecule has 1 fully saturated rings.